The summed E-state index contributed by atoms with van der Waals surface area (Å²) in [7, 11) is 0. The van der Waals surface area contributed by atoms with E-state index in [4.69, 9.17) is 14.2 Å². The predicted octanol–water partition coefficient (Wildman–Crippen LogP) is 5.07. The standard InChI is InChI=1S/C28H28F4N4O4/c1-17-22(13-21(15-33-17)35-26(37)18-3-2-4-20(11-18)28(30,31)32)19-12-24(36-6-9-38-10-7-36)27(34-14-19)40-25-5-8-39-16-23(25)29/h2-4,11-15,23,25H,5-10,16H2,1H3,(H,35,37)/t23-,25+/m1/s1. The number of pyridine rings is 2. The normalized spacial score (nSPS) is 19.8. The molecule has 2 aliphatic heterocycles. The first-order chi connectivity index (χ1) is 19.2. The number of hydrogen-bond acceptors (Lipinski definition) is 7. The molecule has 0 spiro atoms. The van der Waals surface area contributed by atoms with Crippen molar-refractivity contribution in [3.63, 3.8) is 0 Å². The second kappa shape index (κ2) is 11.8. The third-order valence-corrected chi connectivity index (χ3v) is 6.78. The number of nitrogens with one attached hydrogen (secondary N) is 1. The van der Waals surface area contributed by atoms with Gasteiger partial charge < -0.3 is 24.4 Å². The summed E-state index contributed by atoms with van der Waals surface area (Å²) in [6, 6.07) is 7.77. The summed E-state index contributed by atoms with van der Waals surface area (Å²) in [6.07, 6.45) is -3.07. The molecule has 2 aromatic heterocycles. The molecule has 1 N–H and O–H groups in total. The van der Waals surface area contributed by atoms with E-state index in [2.05, 4.69) is 20.2 Å². The zero-order valence-corrected chi connectivity index (χ0v) is 21.7. The number of amides is 1. The van der Waals surface area contributed by atoms with Crippen LogP contribution in [0.5, 0.6) is 5.88 Å². The van der Waals surface area contributed by atoms with Crippen LogP contribution in [0.25, 0.3) is 11.1 Å². The van der Waals surface area contributed by atoms with Crippen LogP contribution in [-0.2, 0) is 15.7 Å². The van der Waals surface area contributed by atoms with Gasteiger partial charge in [0, 0.05) is 48.1 Å². The second-order valence-electron chi connectivity index (χ2n) is 9.57. The first-order valence-electron chi connectivity index (χ1n) is 12.9. The molecule has 3 aromatic rings. The van der Waals surface area contributed by atoms with Gasteiger partial charge in [-0.15, -0.1) is 0 Å². The van der Waals surface area contributed by atoms with Crippen molar-refractivity contribution < 1.29 is 36.6 Å². The lowest BCUT2D eigenvalue weighted by molar-refractivity contribution is -0.137. The molecule has 0 unspecified atom stereocenters. The maximum Gasteiger partial charge on any atom is 0.416 e. The number of anilines is 2. The first-order valence-corrected chi connectivity index (χ1v) is 12.9. The molecule has 1 amide bonds. The molecule has 0 bridgehead atoms. The maximum atomic E-state index is 14.4. The van der Waals surface area contributed by atoms with Crippen LogP contribution in [0.2, 0.25) is 0 Å². The van der Waals surface area contributed by atoms with Gasteiger partial charge in [-0.1, -0.05) is 6.07 Å². The van der Waals surface area contributed by atoms with E-state index in [0.29, 0.717) is 73.4 Å². The number of nitrogens with zero attached hydrogens (tertiary/aromatic N) is 3. The molecule has 40 heavy (non-hydrogen) atoms. The number of halogens is 4. The van der Waals surface area contributed by atoms with Crippen molar-refractivity contribution in [2.24, 2.45) is 0 Å². The van der Waals surface area contributed by atoms with Gasteiger partial charge in [0.2, 0.25) is 5.88 Å². The SMILES string of the molecule is Cc1ncc(NC(=O)c2cccc(C(F)(F)F)c2)cc1-c1cnc(O[C@H]2CCOC[C@H]2F)c(N2CCOCC2)c1. The van der Waals surface area contributed by atoms with Gasteiger partial charge >= 0.3 is 6.18 Å². The Kier molecular flexibility index (Phi) is 8.17. The van der Waals surface area contributed by atoms with E-state index >= 15 is 0 Å². The van der Waals surface area contributed by atoms with E-state index in [1.54, 1.807) is 19.2 Å². The Labute approximate surface area is 228 Å². The van der Waals surface area contributed by atoms with Crippen molar-refractivity contribution in [1.29, 1.82) is 0 Å². The van der Waals surface area contributed by atoms with Gasteiger partial charge in [0.15, 0.2) is 6.17 Å². The molecule has 212 valence electrons. The smallest absolute Gasteiger partial charge is 0.416 e. The average molecular weight is 561 g/mol. The Morgan fingerprint density at radius 2 is 1.88 bits per heavy atom. The third kappa shape index (κ3) is 6.34. The van der Waals surface area contributed by atoms with Crippen LogP contribution in [0, 0.1) is 6.92 Å². The minimum Gasteiger partial charge on any atom is -0.470 e. The highest BCUT2D eigenvalue weighted by molar-refractivity contribution is 6.04. The number of carbonyl (C=O) groups is 1. The van der Waals surface area contributed by atoms with E-state index in [0.717, 1.165) is 12.1 Å². The second-order valence-corrected chi connectivity index (χ2v) is 9.57. The Bertz CT molecular complexity index is 1360. The first kappa shape index (κ1) is 27.8. The summed E-state index contributed by atoms with van der Waals surface area (Å²) in [6.45, 7) is 4.40. The molecule has 8 nitrogen and oxygen atoms in total. The molecule has 2 aliphatic rings. The van der Waals surface area contributed by atoms with Crippen LogP contribution in [0.1, 0.15) is 28.0 Å². The summed E-state index contributed by atoms with van der Waals surface area (Å²) in [5.41, 5.74) is 1.92. The number of alkyl halides is 4. The number of ether oxygens (including phenoxy) is 3. The topological polar surface area (TPSA) is 85.8 Å². The minimum atomic E-state index is -4.56. The molecule has 2 saturated heterocycles. The zero-order chi connectivity index (χ0) is 28.3. The highest BCUT2D eigenvalue weighted by Gasteiger charge is 2.31. The van der Waals surface area contributed by atoms with Crippen molar-refractivity contribution in [3.05, 3.63) is 65.6 Å². The fourth-order valence-electron chi connectivity index (χ4n) is 4.60. The molecule has 4 heterocycles. The summed E-state index contributed by atoms with van der Waals surface area (Å²) in [4.78, 5) is 23.7. The van der Waals surface area contributed by atoms with Gasteiger partial charge in [0.05, 0.1) is 43.9 Å². The summed E-state index contributed by atoms with van der Waals surface area (Å²) >= 11 is 0. The molecule has 1 aromatic carbocycles. The molecule has 12 heteroatoms. The average Bonchev–Trinajstić information content (AvgIpc) is 2.95. The Hall–Kier alpha value is -3.77. The Balaban J connectivity index is 1.43. The van der Waals surface area contributed by atoms with E-state index in [9.17, 15) is 22.4 Å². The van der Waals surface area contributed by atoms with Gasteiger partial charge in [-0.2, -0.15) is 13.2 Å². The molecule has 0 aliphatic carbocycles. The van der Waals surface area contributed by atoms with Crippen LogP contribution in [0.4, 0.5) is 28.9 Å². The number of aryl methyl sites for hydroxylation is 1. The largest absolute Gasteiger partial charge is 0.470 e. The van der Waals surface area contributed by atoms with Crippen molar-refractivity contribution in [2.45, 2.75) is 31.8 Å². The molecular weight excluding hydrogens is 532 g/mol. The van der Waals surface area contributed by atoms with E-state index in [1.807, 2.05) is 6.07 Å². The van der Waals surface area contributed by atoms with Crippen molar-refractivity contribution in [1.82, 2.24) is 9.97 Å². The molecule has 0 radical (unpaired) electrons. The monoisotopic (exact) mass is 560 g/mol. The third-order valence-electron chi connectivity index (χ3n) is 6.78. The minimum absolute atomic E-state index is 0.0283. The van der Waals surface area contributed by atoms with Gasteiger partial charge in [0.25, 0.3) is 5.91 Å². The lowest BCUT2D eigenvalue weighted by atomic mass is 10.0. The van der Waals surface area contributed by atoms with Crippen molar-refractivity contribution in [2.75, 3.05) is 49.7 Å². The zero-order valence-electron chi connectivity index (χ0n) is 21.7. The fourth-order valence-corrected chi connectivity index (χ4v) is 4.60. The number of hydrogen-bond donors (Lipinski definition) is 1. The van der Waals surface area contributed by atoms with Gasteiger partial charge in [-0.3, -0.25) is 9.78 Å². The summed E-state index contributed by atoms with van der Waals surface area (Å²) in [5, 5.41) is 2.63. The molecule has 2 atom stereocenters. The van der Waals surface area contributed by atoms with Crippen LogP contribution in [0.15, 0.2) is 48.8 Å². The Morgan fingerprint density at radius 1 is 1.07 bits per heavy atom. The van der Waals surface area contributed by atoms with Gasteiger partial charge in [0.1, 0.15) is 11.8 Å². The predicted molar refractivity (Wildman–Crippen MR) is 139 cm³/mol. The number of benzene rings is 1. The van der Waals surface area contributed by atoms with Crippen LogP contribution >= 0.6 is 0 Å². The number of carbonyl (C=O) groups excluding carboxylic acids is 1. The molecule has 0 saturated carbocycles. The maximum absolute atomic E-state index is 14.4. The highest BCUT2D eigenvalue weighted by Crippen LogP contribution is 2.35. The number of morpholine rings is 1. The Morgan fingerprint density at radius 3 is 2.62 bits per heavy atom. The van der Waals surface area contributed by atoms with Crippen LogP contribution < -0.4 is 15.0 Å². The lowest BCUT2D eigenvalue weighted by Gasteiger charge is -2.32. The lowest BCUT2D eigenvalue weighted by Crippen LogP contribution is -2.39. The van der Waals surface area contributed by atoms with E-state index in [1.165, 1.54) is 18.3 Å². The van der Waals surface area contributed by atoms with Crippen molar-refractivity contribution in [3.8, 4) is 17.0 Å². The number of aromatic nitrogens is 2. The summed E-state index contributed by atoms with van der Waals surface area (Å²) in [5.74, 6) is -0.393. The fraction of sp³-hybridized carbons (Fsp3) is 0.393. The molecule has 5 rings (SSSR count). The number of rotatable bonds is 6. The van der Waals surface area contributed by atoms with Gasteiger partial charge in [-0.05, 0) is 37.3 Å². The quantitative estimate of drug-likeness (QED) is 0.422. The molecule has 2 fully saturated rings. The van der Waals surface area contributed by atoms with Gasteiger partial charge in [-0.25, -0.2) is 9.37 Å². The van der Waals surface area contributed by atoms with Crippen LogP contribution in [0.3, 0.4) is 0 Å². The molecular formula is C28H28F4N4O4. The summed E-state index contributed by atoms with van der Waals surface area (Å²) < 4.78 is 70.4. The highest BCUT2D eigenvalue weighted by atomic mass is 19.4. The van der Waals surface area contributed by atoms with E-state index in [-0.39, 0.29) is 12.2 Å². The van der Waals surface area contributed by atoms with E-state index < -0.39 is 29.9 Å². The van der Waals surface area contributed by atoms with Crippen molar-refractivity contribution >= 4 is 17.3 Å². The van der Waals surface area contributed by atoms with Crippen LogP contribution in [-0.4, -0.2) is 67.7 Å².